The summed E-state index contributed by atoms with van der Waals surface area (Å²) in [5, 5.41) is 5.34. The van der Waals surface area contributed by atoms with Crippen molar-refractivity contribution in [1.29, 1.82) is 0 Å². The number of aryl methyl sites for hydroxylation is 1. The van der Waals surface area contributed by atoms with Crippen LogP contribution in [0.5, 0.6) is 0 Å². The number of nitrogens with zero attached hydrogens (tertiary/aromatic N) is 1. The number of benzene rings is 3. The van der Waals surface area contributed by atoms with E-state index in [4.69, 9.17) is 0 Å². The molecule has 1 saturated carbocycles. The molecule has 2 amide bonds. The van der Waals surface area contributed by atoms with E-state index in [1.807, 2.05) is 56.4 Å². The first-order valence-electron chi connectivity index (χ1n) is 9.24. The molecule has 0 bridgehead atoms. The number of rotatable bonds is 3. The number of anilines is 1. The molecule has 0 unspecified atom stereocenters. The second kappa shape index (κ2) is 5.43. The van der Waals surface area contributed by atoms with Crippen LogP contribution in [-0.4, -0.2) is 18.9 Å². The van der Waals surface area contributed by atoms with Crippen molar-refractivity contribution in [2.24, 2.45) is 0 Å². The third kappa shape index (κ3) is 2.23. The van der Waals surface area contributed by atoms with Gasteiger partial charge in [-0.2, -0.15) is 0 Å². The molecule has 5 rings (SSSR count). The Morgan fingerprint density at radius 2 is 1.81 bits per heavy atom. The molecule has 0 saturated heterocycles. The van der Waals surface area contributed by atoms with Crippen LogP contribution < -0.4 is 10.2 Å². The van der Waals surface area contributed by atoms with Crippen LogP contribution in [0.2, 0.25) is 0 Å². The highest BCUT2D eigenvalue weighted by Crippen LogP contribution is 2.50. The van der Waals surface area contributed by atoms with Gasteiger partial charge in [0.15, 0.2) is 0 Å². The minimum atomic E-state index is -0.347. The number of hydrogen-bond acceptors (Lipinski definition) is 2. The monoisotopic (exact) mass is 356 g/mol. The summed E-state index contributed by atoms with van der Waals surface area (Å²) < 4.78 is 0. The van der Waals surface area contributed by atoms with Crippen molar-refractivity contribution in [2.45, 2.75) is 25.3 Å². The highest BCUT2D eigenvalue weighted by atomic mass is 16.2. The van der Waals surface area contributed by atoms with Crippen LogP contribution in [0.3, 0.4) is 0 Å². The molecule has 3 aromatic rings. The Morgan fingerprint density at radius 1 is 1.04 bits per heavy atom. The summed E-state index contributed by atoms with van der Waals surface area (Å²) in [5.41, 5.74) is 4.13. The van der Waals surface area contributed by atoms with Crippen molar-refractivity contribution in [3.8, 4) is 0 Å². The zero-order valence-corrected chi connectivity index (χ0v) is 15.4. The molecule has 0 spiro atoms. The Hall–Kier alpha value is -3.14. The Morgan fingerprint density at radius 3 is 2.56 bits per heavy atom. The summed E-state index contributed by atoms with van der Waals surface area (Å²) in [4.78, 5) is 27.1. The number of carbonyl (C=O) groups excluding carboxylic acids is 2. The minimum Gasteiger partial charge on any atom is -0.342 e. The highest BCUT2D eigenvalue weighted by molar-refractivity contribution is 6.25. The molecule has 1 aliphatic heterocycles. The van der Waals surface area contributed by atoms with Crippen molar-refractivity contribution >= 4 is 28.3 Å². The summed E-state index contributed by atoms with van der Waals surface area (Å²) in [5.74, 6) is -0.0106. The topological polar surface area (TPSA) is 49.4 Å². The van der Waals surface area contributed by atoms with E-state index >= 15 is 0 Å². The first-order chi connectivity index (χ1) is 13.0. The van der Waals surface area contributed by atoms with Crippen LogP contribution in [0, 0.1) is 6.92 Å². The van der Waals surface area contributed by atoms with Crippen LogP contribution in [0.15, 0.2) is 54.6 Å². The van der Waals surface area contributed by atoms with Crippen LogP contribution in [0.4, 0.5) is 5.69 Å². The third-order valence-corrected chi connectivity index (χ3v) is 5.92. The fraction of sp³-hybridized carbons (Fsp3) is 0.217. The van der Waals surface area contributed by atoms with E-state index in [1.165, 1.54) is 0 Å². The van der Waals surface area contributed by atoms with Gasteiger partial charge in [-0.1, -0.05) is 36.4 Å². The number of hydrogen-bond donors (Lipinski definition) is 1. The summed E-state index contributed by atoms with van der Waals surface area (Å²) >= 11 is 0. The SMILES string of the molecule is Cc1ccccc1C(=O)NC1(c2ccc3c4c(cccc24)C(=O)N3C)CC1. The predicted octanol–water partition coefficient (Wildman–Crippen LogP) is 4.16. The van der Waals surface area contributed by atoms with E-state index in [-0.39, 0.29) is 17.4 Å². The highest BCUT2D eigenvalue weighted by Gasteiger charge is 2.47. The van der Waals surface area contributed by atoms with Gasteiger partial charge in [-0.3, -0.25) is 9.59 Å². The fourth-order valence-corrected chi connectivity index (χ4v) is 4.25. The molecular formula is C23H20N2O2. The molecule has 4 nitrogen and oxygen atoms in total. The van der Waals surface area contributed by atoms with Gasteiger partial charge in [0.25, 0.3) is 11.8 Å². The molecule has 0 atom stereocenters. The Balaban J connectivity index is 1.60. The van der Waals surface area contributed by atoms with Crippen molar-refractivity contribution in [3.63, 3.8) is 0 Å². The van der Waals surface area contributed by atoms with Gasteiger partial charge in [0.05, 0.1) is 11.2 Å². The Kier molecular flexibility index (Phi) is 3.23. The van der Waals surface area contributed by atoms with Crippen LogP contribution in [-0.2, 0) is 5.54 Å². The van der Waals surface area contributed by atoms with Crippen molar-refractivity contribution in [1.82, 2.24) is 5.32 Å². The lowest BCUT2D eigenvalue weighted by atomic mass is 9.94. The number of amides is 2. The molecule has 27 heavy (non-hydrogen) atoms. The average Bonchev–Trinajstić information content (AvgIpc) is 3.41. The third-order valence-electron chi connectivity index (χ3n) is 5.92. The molecule has 0 aromatic heterocycles. The lowest BCUT2D eigenvalue weighted by Gasteiger charge is -2.21. The van der Waals surface area contributed by atoms with Gasteiger partial charge in [0.2, 0.25) is 0 Å². The van der Waals surface area contributed by atoms with E-state index in [0.29, 0.717) is 5.56 Å². The Labute approximate surface area is 157 Å². The molecule has 134 valence electrons. The van der Waals surface area contributed by atoms with E-state index in [9.17, 15) is 9.59 Å². The summed E-state index contributed by atoms with van der Waals surface area (Å²) in [7, 11) is 1.81. The maximum Gasteiger partial charge on any atom is 0.258 e. The fourth-order valence-electron chi connectivity index (χ4n) is 4.25. The first-order valence-corrected chi connectivity index (χ1v) is 9.24. The molecule has 4 heteroatoms. The summed E-state index contributed by atoms with van der Waals surface area (Å²) in [6.07, 6.45) is 1.82. The number of nitrogens with one attached hydrogen (secondary N) is 1. The second-order valence-corrected chi connectivity index (χ2v) is 7.58. The normalized spacial score (nSPS) is 16.7. The average molecular weight is 356 g/mol. The molecular weight excluding hydrogens is 336 g/mol. The van der Waals surface area contributed by atoms with Gasteiger partial charge in [-0.15, -0.1) is 0 Å². The second-order valence-electron chi connectivity index (χ2n) is 7.58. The zero-order valence-electron chi connectivity index (χ0n) is 15.4. The number of carbonyl (C=O) groups is 2. The molecule has 1 N–H and O–H groups in total. The first kappa shape index (κ1) is 16.1. The smallest absolute Gasteiger partial charge is 0.258 e. The standard InChI is InChI=1S/C23H20N2O2/c1-14-6-3-4-7-15(14)21(26)24-23(12-13-23)18-10-11-19-20-16(18)8-5-9-17(20)22(27)25(19)2/h3-11H,12-13H2,1-2H3,(H,24,26). The minimum absolute atomic E-state index is 0.0292. The largest absolute Gasteiger partial charge is 0.342 e. The van der Waals surface area contributed by atoms with Gasteiger partial charge >= 0.3 is 0 Å². The van der Waals surface area contributed by atoms with Crippen LogP contribution in [0.25, 0.3) is 10.8 Å². The van der Waals surface area contributed by atoms with Gasteiger partial charge in [0, 0.05) is 23.6 Å². The summed E-state index contributed by atoms with van der Waals surface area (Å²) in [6.45, 7) is 1.95. The van der Waals surface area contributed by atoms with E-state index in [0.717, 1.165) is 46.0 Å². The van der Waals surface area contributed by atoms with Crippen LogP contribution >= 0.6 is 0 Å². The Bertz CT molecular complexity index is 1130. The van der Waals surface area contributed by atoms with Crippen molar-refractivity contribution < 1.29 is 9.59 Å². The van der Waals surface area contributed by atoms with E-state index in [1.54, 1.807) is 4.90 Å². The molecule has 2 aliphatic rings. The van der Waals surface area contributed by atoms with Crippen LogP contribution in [0.1, 0.15) is 44.7 Å². The molecule has 1 aliphatic carbocycles. The molecule has 0 radical (unpaired) electrons. The predicted molar refractivity (Wildman–Crippen MR) is 106 cm³/mol. The maximum absolute atomic E-state index is 12.9. The van der Waals surface area contributed by atoms with Gasteiger partial charge < -0.3 is 10.2 Å². The maximum atomic E-state index is 12.9. The lowest BCUT2D eigenvalue weighted by Crippen LogP contribution is -2.35. The zero-order chi connectivity index (χ0) is 18.8. The van der Waals surface area contributed by atoms with Crippen molar-refractivity contribution in [2.75, 3.05) is 11.9 Å². The molecule has 1 fully saturated rings. The molecule has 1 heterocycles. The molecule has 3 aromatic carbocycles. The van der Waals surface area contributed by atoms with Crippen molar-refractivity contribution in [3.05, 3.63) is 76.9 Å². The quantitative estimate of drug-likeness (QED) is 0.766. The van der Waals surface area contributed by atoms with Gasteiger partial charge in [-0.05, 0) is 54.5 Å². The lowest BCUT2D eigenvalue weighted by molar-refractivity contribution is 0.0929. The van der Waals surface area contributed by atoms with E-state index < -0.39 is 0 Å². The van der Waals surface area contributed by atoms with Gasteiger partial charge in [-0.25, -0.2) is 0 Å². The summed E-state index contributed by atoms with van der Waals surface area (Å²) in [6, 6.07) is 17.6. The van der Waals surface area contributed by atoms with E-state index in [2.05, 4.69) is 17.4 Å². The van der Waals surface area contributed by atoms with Gasteiger partial charge in [0.1, 0.15) is 0 Å².